The molecular weight excluding hydrogens is 295 g/mol. The number of rotatable bonds is 3. The fraction of sp³-hybridized carbons (Fsp3) is 0.182. The van der Waals surface area contributed by atoms with Crippen molar-refractivity contribution in [2.24, 2.45) is 0 Å². The second kappa shape index (κ2) is 10.2. The van der Waals surface area contributed by atoms with Gasteiger partial charge in [0.25, 0.3) is 0 Å². The molecule has 0 aromatic heterocycles. The van der Waals surface area contributed by atoms with E-state index in [4.69, 9.17) is 16.7 Å². The van der Waals surface area contributed by atoms with Gasteiger partial charge in [-0.05, 0) is 19.5 Å². The first-order chi connectivity index (χ1) is 8.33. The van der Waals surface area contributed by atoms with Gasteiger partial charge < -0.3 is 15.3 Å². The van der Waals surface area contributed by atoms with Gasteiger partial charge in [0.05, 0.1) is 24.5 Å². The van der Waals surface area contributed by atoms with Gasteiger partial charge in [0.2, 0.25) is 0 Å². The molecule has 0 aliphatic rings. The molecule has 0 bridgehead atoms. The Bertz CT molecular complexity index is 401. The topological polar surface area (TPSA) is 112 Å². The fourth-order valence-corrected chi connectivity index (χ4v) is 0.998. The van der Waals surface area contributed by atoms with Gasteiger partial charge in [-0.15, -0.1) is 0 Å². The molecule has 0 unspecified atom stereocenters. The zero-order chi connectivity index (χ0) is 14.3. The zero-order valence-corrected chi connectivity index (χ0v) is 10.3. The first-order valence-corrected chi connectivity index (χ1v) is 4.34. The molecule has 19 heavy (non-hydrogen) atoms. The van der Waals surface area contributed by atoms with Crippen LogP contribution in [0.25, 0.3) is 0 Å². The summed E-state index contributed by atoms with van der Waals surface area (Å²) in [5.74, 6) is -4.12. The summed E-state index contributed by atoms with van der Waals surface area (Å²) >= 11 is 0. The molecule has 0 aliphatic heterocycles. The number of carboxylic acid groups (broad SMARTS) is 3. The molecule has 0 fully saturated rings. The summed E-state index contributed by atoms with van der Waals surface area (Å²) in [6.45, 7) is 1.67. The predicted octanol–water partition coefficient (Wildman–Crippen LogP) is 1.35. The molecule has 3 N–H and O–H groups in total. The van der Waals surface area contributed by atoms with Crippen LogP contribution in [0.5, 0.6) is 0 Å². The summed E-state index contributed by atoms with van der Waals surface area (Å²) in [5, 5.41) is 25.8. The predicted molar refractivity (Wildman–Crippen MR) is 67.1 cm³/mol. The molecule has 6 nitrogen and oxygen atoms in total. The summed E-state index contributed by atoms with van der Waals surface area (Å²) in [6, 6.07) is 2.70. The minimum atomic E-state index is -1.37. The van der Waals surface area contributed by atoms with Crippen LogP contribution in [0, 0.1) is 0 Å². The Hall–Kier alpha value is -1.79. The number of carboxylic acids is 3. The summed E-state index contributed by atoms with van der Waals surface area (Å²) in [6.07, 6.45) is 0. The largest absolute Gasteiger partial charge is 0.478 e. The van der Waals surface area contributed by atoms with Crippen LogP contribution in [0.2, 0.25) is 6.82 Å². The minimum Gasteiger partial charge on any atom is -0.478 e. The van der Waals surface area contributed by atoms with E-state index in [1.165, 1.54) is 7.81 Å². The van der Waals surface area contributed by atoms with E-state index in [1.807, 2.05) is 0 Å². The molecule has 0 saturated heterocycles. The molecule has 0 spiro atoms. The van der Waals surface area contributed by atoms with Crippen LogP contribution >= 0.6 is 0 Å². The van der Waals surface area contributed by atoms with Crippen molar-refractivity contribution in [1.82, 2.24) is 0 Å². The zero-order valence-electron chi connectivity index (χ0n) is 10.2. The van der Waals surface area contributed by atoms with Crippen LogP contribution in [-0.2, 0) is 17.1 Å². The smallest absolute Gasteiger partial charge is 0.335 e. The van der Waals surface area contributed by atoms with Crippen molar-refractivity contribution >= 4 is 25.7 Å². The Morgan fingerprint density at radius 1 is 0.947 bits per heavy atom. The van der Waals surface area contributed by atoms with Crippen molar-refractivity contribution in [1.29, 1.82) is 1.34 Å². The fourth-order valence-electron chi connectivity index (χ4n) is 0.998. The molecule has 0 heterocycles. The molecule has 0 amide bonds. The summed E-state index contributed by atoms with van der Waals surface area (Å²) in [7, 11) is 1.25. The second-order valence-corrected chi connectivity index (χ2v) is 2.71. The molecule has 8 heteroatoms. The van der Waals surface area contributed by atoms with E-state index in [2.05, 4.69) is 0 Å². The number of hydrogen-bond acceptors (Lipinski definition) is 3. The van der Waals surface area contributed by atoms with E-state index in [-0.39, 0.29) is 41.2 Å². The Labute approximate surface area is 123 Å². The molecule has 0 saturated carbocycles. The minimum absolute atomic E-state index is 0. The van der Waals surface area contributed by atoms with Gasteiger partial charge in [0.15, 0.2) is 0 Å². The normalized spacial score (nSPS) is 8.37. The molecular formula is C11H14BFeO6. The van der Waals surface area contributed by atoms with Crippen LogP contribution in [0.1, 0.15) is 38.5 Å². The van der Waals surface area contributed by atoms with Gasteiger partial charge in [0, 0.05) is 17.1 Å². The maximum Gasteiger partial charge on any atom is 0.335 e. The van der Waals surface area contributed by atoms with Crippen LogP contribution in [0.4, 0.5) is 0 Å². The van der Waals surface area contributed by atoms with Gasteiger partial charge in [-0.1, -0.05) is 14.2 Å². The second-order valence-electron chi connectivity index (χ2n) is 2.71. The van der Waals surface area contributed by atoms with Gasteiger partial charge >= 0.3 is 17.9 Å². The van der Waals surface area contributed by atoms with Gasteiger partial charge in [-0.2, -0.15) is 0 Å². The molecule has 0 atom stereocenters. The molecule has 0 aliphatic carbocycles. The first kappa shape index (κ1) is 19.6. The van der Waals surface area contributed by atoms with Crippen LogP contribution < -0.4 is 0 Å². The maximum atomic E-state index is 10.6. The maximum absolute atomic E-state index is 10.6. The number of carbonyl (C=O) groups is 3. The van der Waals surface area contributed by atoms with Crippen LogP contribution in [0.15, 0.2) is 18.2 Å². The van der Waals surface area contributed by atoms with E-state index in [9.17, 15) is 14.4 Å². The van der Waals surface area contributed by atoms with Crippen molar-refractivity contribution in [3.8, 4) is 0 Å². The third kappa shape index (κ3) is 6.64. The third-order valence-corrected chi connectivity index (χ3v) is 1.67. The first-order valence-electron chi connectivity index (χ1n) is 4.92. The van der Waals surface area contributed by atoms with Crippen molar-refractivity contribution < 1.29 is 46.8 Å². The number of hydrogen-bond donors (Lipinski definition) is 3. The Balaban J connectivity index is -0.000000530. The Morgan fingerprint density at radius 2 is 1.11 bits per heavy atom. The number of benzene rings is 1. The molecule has 1 rings (SSSR count). The van der Waals surface area contributed by atoms with Crippen LogP contribution in [0.3, 0.4) is 0 Å². The van der Waals surface area contributed by atoms with E-state index in [1.54, 1.807) is 6.82 Å². The monoisotopic (exact) mass is 311 g/mol. The van der Waals surface area contributed by atoms with Gasteiger partial charge in [-0.25, -0.2) is 14.4 Å². The van der Waals surface area contributed by atoms with Crippen LogP contribution in [-0.4, -0.2) is 42.4 Å². The Morgan fingerprint density at radius 3 is 1.21 bits per heavy atom. The van der Waals surface area contributed by atoms with Gasteiger partial charge in [0.1, 0.15) is 0 Å². The van der Waals surface area contributed by atoms with Crippen molar-refractivity contribution in [2.45, 2.75) is 14.2 Å². The summed E-state index contributed by atoms with van der Waals surface area (Å²) in [5.41, 5.74) is -1.10. The standard InChI is InChI=1S/C9H6O6.CH4B.CH4.Fe/c10-7(11)4-1-5(8(12)13)3-6(2-4)9(14)15;1-2;;/h1-3H,(H,10,11)(H,12,13)(H,14,15);2H,1H3;1H4;/i;2T;;. The average Bonchev–Trinajstić information content (AvgIpc) is 2.29. The molecule has 1 aromatic carbocycles. The van der Waals surface area contributed by atoms with Crippen molar-refractivity contribution in [3.05, 3.63) is 34.9 Å². The van der Waals surface area contributed by atoms with Crippen molar-refractivity contribution in [3.63, 3.8) is 0 Å². The van der Waals surface area contributed by atoms with Crippen molar-refractivity contribution in [2.75, 3.05) is 0 Å². The SMILES string of the molecule is C.O=C(O)c1cc(C(=O)O)cc(C(=O)O)c1.[3H][B]C.[Fe]. The average molecular weight is 311 g/mol. The molecule has 105 valence electrons. The van der Waals surface area contributed by atoms with E-state index >= 15 is 0 Å². The molecule has 1 aromatic rings. The van der Waals surface area contributed by atoms with E-state index in [0.29, 0.717) is 0 Å². The Kier molecular flexibility index (Phi) is 10.5. The number of aromatic carboxylic acids is 3. The third-order valence-electron chi connectivity index (χ3n) is 1.67. The molecule has 1 radical (unpaired) electrons. The quantitative estimate of drug-likeness (QED) is 0.726. The van der Waals surface area contributed by atoms with Gasteiger partial charge in [-0.3, -0.25) is 0 Å². The van der Waals surface area contributed by atoms with E-state index in [0.717, 1.165) is 18.2 Å². The summed E-state index contributed by atoms with van der Waals surface area (Å²) in [4.78, 5) is 31.7. The summed E-state index contributed by atoms with van der Waals surface area (Å²) < 4.78 is 6.08. The van der Waals surface area contributed by atoms with E-state index < -0.39 is 17.9 Å².